The molecule has 2 nitrogen and oxygen atoms in total. The molecule has 0 aromatic heterocycles. The van der Waals surface area contributed by atoms with E-state index in [0.29, 0.717) is 0 Å². The van der Waals surface area contributed by atoms with E-state index in [1.165, 1.54) is 0 Å². The molecule has 56 valence electrons. The zero-order valence-electron chi connectivity index (χ0n) is 6.73. The monoisotopic (exact) mass is 131 g/mol. The average molecular weight is 131 g/mol. The molecule has 0 radical (unpaired) electrons. The number of hydrogen-bond donors (Lipinski definition) is 2. The van der Waals surface area contributed by atoms with Gasteiger partial charge in [-0.15, -0.1) is 0 Å². The van der Waals surface area contributed by atoms with Gasteiger partial charge in [0.1, 0.15) is 0 Å². The van der Waals surface area contributed by atoms with E-state index in [1.54, 1.807) is 0 Å². The summed E-state index contributed by atoms with van der Waals surface area (Å²) in [6, 6.07) is 0.206. The van der Waals surface area contributed by atoms with E-state index in [0.717, 1.165) is 6.42 Å². The predicted molar refractivity (Wildman–Crippen MR) is 39.4 cm³/mol. The Morgan fingerprint density at radius 2 is 2.00 bits per heavy atom. The van der Waals surface area contributed by atoms with Crippen LogP contribution in [0, 0.1) is 0 Å². The summed E-state index contributed by atoms with van der Waals surface area (Å²) in [5, 5.41) is 12.5. The molecule has 0 saturated heterocycles. The van der Waals surface area contributed by atoms with Crippen molar-refractivity contribution >= 4 is 0 Å². The van der Waals surface area contributed by atoms with Crippen molar-refractivity contribution in [3.8, 4) is 0 Å². The van der Waals surface area contributed by atoms with Gasteiger partial charge in [0, 0.05) is 6.04 Å². The van der Waals surface area contributed by atoms with E-state index >= 15 is 0 Å². The van der Waals surface area contributed by atoms with Crippen molar-refractivity contribution in [2.75, 3.05) is 7.05 Å². The van der Waals surface area contributed by atoms with Gasteiger partial charge in [-0.25, -0.2) is 0 Å². The normalized spacial score (nSPS) is 15.7. The lowest BCUT2D eigenvalue weighted by atomic mass is 9.97. The molecule has 1 unspecified atom stereocenters. The van der Waals surface area contributed by atoms with Gasteiger partial charge in [-0.1, -0.05) is 6.92 Å². The van der Waals surface area contributed by atoms with Crippen molar-refractivity contribution in [2.45, 2.75) is 38.8 Å². The summed E-state index contributed by atoms with van der Waals surface area (Å²) in [7, 11) is 1.87. The first-order chi connectivity index (χ1) is 4.02. The molecule has 0 heterocycles. The Morgan fingerprint density at radius 3 is 2.00 bits per heavy atom. The van der Waals surface area contributed by atoms with Crippen LogP contribution in [0.3, 0.4) is 0 Å². The Bertz CT molecular complexity index is 71.5. The summed E-state index contributed by atoms with van der Waals surface area (Å²) < 4.78 is 0. The second-order valence-corrected chi connectivity index (χ2v) is 2.90. The highest BCUT2D eigenvalue weighted by Gasteiger charge is 2.22. The molecular weight excluding hydrogens is 114 g/mol. The van der Waals surface area contributed by atoms with Crippen molar-refractivity contribution in [3.63, 3.8) is 0 Å². The molecule has 1 atom stereocenters. The van der Waals surface area contributed by atoms with Gasteiger partial charge in [-0.05, 0) is 27.3 Å². The van der Waals surface area contributed by atoms with Crippen LogP contribution in [0.4, 0.5) is 0 Å². The Balaban J connectivity index is 3.79. The zero-order chi connectivity index (χ0) is 7.49. The fourth-order valence-corrected chi connectivity index (χ4v) is 1.06. The van der Waals surface area contributed by atoms with E-state index < -0.39 is 5.60 Å². The van der Waals surface area contributed by atoms with E-state index in [2.05, 4.69) is 12.2 Å². The topological polar surface area (TPSA) is 32.3 Å². The van der Waals surface area contributed by atoms with E-state index in [-0.39, 0.29) is 6.04 Å². The molecule has 0 saturated carbocycles. The molecule has 9 heavy (non-hydrogen) atoms. The fourth-order valence-electron chi connectivity index (χ4n) is 1.06. The summed E-state index contributed by atoms with van der Waals surface area (Å²) in [6.45, 7) is 5.69. The Morgan fingerprint density at radius 1 is 1.56 bits per heavy atom. The van der Waals surface area contributed by atoms with Crippen molar-refractivity contribution in [1.29, 1.82) is 0 Å². The first-order valence-corrected chi connectivity index (χ1v) is 3.42. The van der Waals surface area contributed by atoms with Crippen LogP contribution in [-0.4, -0.2) is 23.8 Å². The van der Waals surface area contributed by atoms with Crippen LogP contribution in [0.2, 0.25) is 0 Å². The smallest absolute Gasteiger partial charge is 0.0743 e. The van der Waals surface area contributed by atoms with Crippen molar-refractivity contribution < 1.29 is 5.11 Å². The Hall–Kier alpha value is -0.0800. The fraction of sp³-hybridized carbons (Fsp3) is 1.00. The highest BCUT2D eigenvalue weighted by molar-refractivity contribution is 4.80. The first kappa shape index (κ1) is 8.92. The van der Waals surface area contributed by atoms with Crippen LogP contribution in [-0.2, 0) is 0 Å². The minimum absolute atomic E-state index is 0.206. The van der Waals surface area contributed by atoms with Gasteiger partial charge in [0.05, 0.1) is 5.60 Å². The van der Waals surface area contributed by atoms with Gasteiger partial charge in [0.2, 0.25) is 0 Å². The third-order valence-corrected chi connectivity index (χ3v) is 1.61. The van der Waals surface area contributed by atoms with Gasteiger partial charge >= 0.3 is 0 Å². The molecule has 0 amide bonds. The van der Waals surface area contributed by atoms with E-state index in [9.17, 15) is 5.11 Å². The van der Waals surface area contributed by atoms with Crippen LogP contribution >= 0.6 is 0 Å². The summed E-state index contributed by atoms with van der Waals surface area (Å²) >= 11 is 0. The second kappa shape index (κ2) is 3.18. The van der Waals surface area contributed by atoms with Gasteiger partial charge in [-0.2, -0.15) is 0 Å². The predicted octanol–water partition coefficient (Wildman–Crippen LogP) is 0.755. The molecule has 0 aliphatic rings. The van der Waals surface area contributed by atoms with Crippen LogP contribution in [0.5, 0.6) is 0 Å². The Labute approximate surface area is 57.3 Å². The SMILES string of the molecule is CCC(NC)C(C)(C)O. The minimum Gasteiger partial charge on any atom is -0.389 e. The quantitative estimate of drug-likeness (QED) is 0.592. The third kappa shape index (κ3) is 2.82. The molecule has 2 heteroatoms. The summed E-state index contributed by atoms with van der Waals surface area (Å²) in [4.78, 5) is 0. The molecule has 0 spiro atoms. The molecular formula is C7H17NO. The minimum atomic E-state index is -0.594. The lowest BCUT2D eigenvalue weighted by Crippen LogP contribution is -2.44. The first-order valence-electron chi connectivity index (χ1n) is 3.42. The standard InChI is InChI=1S/C7H17NO/c1-5-6(8-4)7(2,3)9/h6,8-9H,5H2,1-4H3. The maximum absolute atomic E-state index is 9.41. The average Bonchev–Trinajstić information content (AvgIpc) is 1.65. The van der Waals surface area contributed by atoms with Gasteiger partial charge in [-0.3, -0.25) is 0 Å². The number of nitrogens with one attached hydrogen (secondary N) is 1. The number of likely N-dealkylation sites (N-methyl/N-ethyl adjacent to an activating group) is 1. The van der Waals surface area contributed by atoms with Crippen LogP contribution < -0.4 is 5.32 Å². The van der Waals surface area contributed by atoms with Crippen molar-refractivity contribution in [2.24, 2.45) is 0 Å². The van der Waals surface area contributed by atoms with Gasteiger partial charge < -0.3 is 10.4 Å². The Kier molecular flexibility index (Phi) is 3.15. The molecule has 0 rings (SSSR count). The second-order valence-electron chi connectivity index (χ2n) is 2.90. The molecule has 0 aliphatic carbocycles. The van der Waals surface area contributed by atoms with Crippen molar-refractivity contribution in [1.82, 2.24) is 5.32 Å². The molecule has 0 fully saturated rings. The summed E-state index contributed by atoms with van der Waals surface area (Å²) in [5.74, 6) is 0. The van der Waals surface area contributed by atoms with Crippen LogP contribution in [0.15, 0.2) is 0 Å². The van der Waals surface area contributed by atoms with Crippen molar-refractivity contribution in [3.05, 3.63) is 0 Å². The lowest BCUT2D eigenvalue weighted by molar-refractivity contribution is 0.0392. The zero-order valence-corrected chi connectivity index (χ0v) is 6.73. The van der Waals surface area contributed by atoms with E-state index in [4.69, 9.17) is 0 Å². The molecule has 0 aliphatic heterocycles. The third-order valence-electron chi connectivity index (χ3n) is 1.61. The van der Waals surface area contributed by atoms with Crippen LogP contribution in [0.1, 0.15) is 27.2 Å². The number of aliphatic hydroxyl groups is 1. The maximum atomic E-state index is 9.41. The molecule has 2 N–H and O–H groups in total. The highest BCUT2D eigenvalue weighted by Crippen LogP contribution is 2.10. The molecule has 0 aromatic rings. The van der Waals surface area contributed by atoms with E-state index in [1.807, 2.05) is 20.9 Å². The largest absolute Gasteiger partial charge is 0.389 e. The number of rotatable bonds is 3. The molecule has 0 bridgehead atoms. The van der Waals surface area contributed by atoms with Gasteiger partial charge in [0.25, 0.3) is 0 Å². The summed E-state index contributed by atoms with van der Waals surface area (Å²) in [6.07, 6.45) is 0.958. The highest BCUT2D eigenvalue weighted by atomic mass is 16.3. The van der Waals surface area contributed by atoms with Gasteiger partial charge in [0.15, 0.2) is 0 Å². The summed E-state index contributed by atoms with van der Waals surface area (Å²) in [5.41, 5.74) is -0.594. The number of hydrogen-bond acceptors (Lipinski definition) is 2. The lowest BCUT2D eigenvalue weighted by Gasteiger charge is -2.27. The maximum Gasteiger partial charge on any atom is 0.0743 e. The molecule has 0 aromatic carbocycles. The van der Waals surface area contributed by atoms with Crippen LogP contribution in [0.25, 0.3) is 0 Å².